The molecule has 0 fully saturated rings. The summed E-state index contributed by atoms with van der Waals surface area (Å²) in [5, 5.41) is 12.9. The van der Waals surface area contributed by atoms with Crippen molar-refractivity contribution in [3.8, 4) is 0 Å². The van der Waals surface area contributed by atoms with Gasteiger partial charge in [-0.3, -0.25) is 0 Å². The van der Waals surface area contributed by atoms with Crippen molar-refractivity contribution in [2.45, 2.75) is 31.8 Å². The zero-order valence-electron chi connectivity index (χ0n) is 10.4. The quantitative estimate of drug-likeness (QED) is 0.664. The summed E-state index contributed by atoms with van der Waals surface area (Å²) >= 11 is 7.96. The van der Waals surface area contributed by atoms with Gasteiger partial charge in [-0.1, -0.05) is 29.8 Å². The molecular weight excluding hydrogens is 268 g/mol. The van der Waals surface area contributed by atoms with Crippen molar-refractivity contribution in [3.05, 3.63) is 39.6 Å². The van der Waals surface area contributed by atoms with Gasteiger partial charge in [-0.15, -0.1) is 11.3 Å². The lowest BCUT2D eigenvalue weighted by atomic mass is 9.90. The Morgan fingerprint density at radius 2 is 2.44 bits per heavy atom. The van der Waals surface area contributed by atoms with E-state index in [0.717, 1.165) is 17.7 Å². The summed E-state index contributed by atoms with van der Waals surface area (Å²) in [5.74, 6) is 0.600. The second kappa shape index (κ2) is 5.91. The molecule has 0 saturated carbocycles. The van der Waals surface area contributed by atoms with Crippen LogP contribution in [0.2, 0.25) is 0 Å². The number of allylic oxidation sites excluding steroid dienone is 1. The molecule has 0 amide bonds. The number of aliphatic hydroxyl groups is 1. The van der Waals surface area contributed by atoms with Crippen LogP contribution in [-0.4, -0.2) is 17.3 Å². The molecule has 0 bridgehead atoms. The molecule has 1 heterocycles. The monoisotopic (exact) mass is 284 g/mol. The van der Waals surface area contributed by atoms with Gasteiger partial charge in [-0.05, 0) is 37.6 Å². The second-order valence-corrected chi connectivity index (χ2v) is 5.60. The first-order chi connectivity index (χ1) is 8.67. The highest BCUT2D eigenvalue weighted by Crippen LogP contribution is 2.38. The third-order valence-electron chi connectivity index (χ3n) is 2.94. The van der Waals surface area contributed by atoms with Crippen LogP contribution in [0.1, 0.15) is 31.1 Å². The molecule has 98 valence electrons. The third kappa shape index (κ3) is 2.79. The molecule has 1 aromatic heterocycles. The van der Waals surface area contributed by atoms with Crippen molar-refractivity contribution in [1.29, 1.82) is 0 Å². The van der Waals surface area contributed by atoms with Crippen molar-refractivity contribution in [3.63, 3.8) is 0 Å². The van der Waals surface area contributed by atoms with Gasteiger partial charge in [0.2, 0.25) is 0 Å². The first-order valence-corrected chi connectivity index (χ1v) is 7.40. The van der Waals surface area contributed by atoms with Crippen molar-refractivity contribution >= 4 is 28.7 Å². The van der Waals surface area contributed by atoms with Crippen molar-refractivity contribution in [2.75, 3.05) is 6.61 Å². The van der Waals surface area contributed by atoms with Gasteiger partial charge in [0.1, 0.15) is 5.60 Å². The zero-order valence-corrected chi connectivity index (χ0v) is 11.9. The Morgan fingerprint density at radius 3 is 3.00 bits per heavy atom. The first kappa shape index (κ1) is 13.7. The predicted octanol–water partition coefficient (Wildman–Crippen LogP) is 4.16. The van der Waals surface area contributed by atoms with Gasteiger partial charge in [-0.25, -0.2) is 0 Å². The van der Waals surface area contributed by atoms with Gasteiger partial charge in [0.25, 0.3) is 0 Å². The number of hydrogen-bond acceptors (Lipinski definition) is 3. The van der Waals surface area contributed by atoms with Crippen LogP contribution < -0.4 is 0 Å². The molecule has 1 unspecified atom stereocenters. The van der Waals surface area contributed by atoms with Crippen LogP contribution in [0.25, 0.3) is 5.76 Å². The van der Waals surface area contributed by atoms with Crippen molar-refractivity contribution in [2.24, 2.45) is 0 Å². The molecule has 0 spiro atoms. The van der Waals surface area contributed by atoms with E-state index in [9.17, 15) is 5.11 Å². The number of ether oxygens (including phenoxy) is 1. The highest BCUT2D eigenvalue weighted by atomic mass is 35.5. The van der Waals surface area contributed by atoms with Crippen molar-refractivity contribution in [1.82, 2.24) is 0 Å². The molecule has 1 aliphatic carbocycles. The fourth-order valence-electron chi connectivity index (χ4n) is 2.03. The van der Waals surface area contributed by atoms with Gasteiger partial charge in [0.05, 0.1) is 16.5 Å². The average Bonchev–Trinajstić information content (AvgIpc) is 2.90. The third-order valence-corrected chi connectivity index (χ3v) is 4.30. The maximum atomic E-state index is 10.6. The minimum atomic E-state index is -1.08. The minimum Gasteiger partial charge on any atom is -0.491 e. The van der Waals surface area contributed by atoms with E-state index in [4.69, 9.17) is 16.3 Å². The van der Waals surface area contributed by atoms with E-state index in [-0.39, 0.29) is 0 Å². The van der Waals surface area contributed by atoms with E-state index in [1.54, 1.807) is 17.4 Å². The molecule has 0 aromatic carbocycles. The largest absolute Gasteiger partial charge is 0.491 e. The normalized spacial score (nSPS) is 24.8. The molecule has 4 heteroatoms. The Morgan fingerprint density at radius 1 is 1.61 bits per heavy atom. The summed E-state index contributed by atoms with van der Waals surface area (Å²) in [5.41, 5.74) is -1.08. The maximum Gasteiger partial charge on any atom is 0.154 e. The Bertz CT molecular complexity index is 450. The van der Waals surface area contributed by atoms with Crippen LogP contribution in [0.15, 0.2) is 34.7 Å². The van der Waals surface area contributed by atoms with Crippen LogP contribution in [-0.2, 0) is 4.74 Å². The van der Waals surface area contributed by atoms with E-state index >= 15 is 0 Å². The van der Waals surface area contributed by atoms with Gasteiger partial charge in [0, 0.05) is 0 Å². The summed E-state index contributed by atoms with van der Waals surface area (Å²) in [4.78, 5) is 0.953. The predicted molar refractivity (Wildman–Crippen MR) is 76.7 cm³/mol. The maximum absolute atomic E-state index is 10.6. The summed E-state index contributed by atoms with van der Waals surface area (Å²) in [7, 11) is 0. The molecule has 0 saturated heterocycles. The smallest absolute Gasteiger partial charge is 0.154 e. The van der Waals surface area contributed by atoms with Crippen LogP contribution in [0, 0.1) is 0 Å². The molecule has 2 rings (SSSR count). The van der Waals surface area contributed by atoms with E-state index in [1.165, 1.54) is 0 Å². The zero-order chi connectivity index (χ0) is 13.0. The van der Waals surface area contributed by atoms with Crippen LogP contribution in [0.4, 0.5) is 0 Å². The highest BCUT2D eigenvalue weighted by Gasteiger charge is 2.33. The van der Waals surface area contributed by atoms with E-state index in [0.29, 0.717) is 23.8 Å². The SMILES string of the molecule is CCO/C(=C(/Cl)C1(O)C=CCCC1)c1cccs1. The van der Waals surface area contributed by atoms with Gasteiger partial charge in [0.15, 0.2) is 5.76 Å². The van der Waals surface area contributed by atoms with Crippen molar-refractivity contribution < 1.29 is 9.84 Å². The first-order valence-electron chi connectivity index (χ1n) is 6.14. The topological polar surface area (TPSA) is 29.5 Å². The molecule has 18 heavy (non-hydrogen) atoms. The molecule has 1 aromatic rings. The average molecular weight is 285 g/mol. The van der Waals surface area contributed by atoms with Gasteiger partial charge < -0.3 is 9.84 Å². The number of halogens is 1. The Labute approximate surface area is 117 Å². The lowest BCUT2D eigenvalue weighted by Gasteiger charge is -2.28. The molecule has 0 radical (unpaired) electrons. The summed E-state index contributed by atoms with van der Waals surface area (Å²) in [6.45, 7) is 2.45. The Kier molecular flexibility index (Phi) is 4.49. The molecule has 1 N–H and O–H groups in total. The summed E-state index contributed by atoms with van der Waals surface area (Å²) < 4.78 is 5.63. The lowest BCUT2D eigenvalue weighted by molar-refractivity contribution is 0.117. The van der Waals surface area contributed by atoms with E-state index < -0.39 is 5.60 Å². The lowest BCUT2D eigenvalue weighted by Crippen LogP contribution is -2.29. The molecule has 1 atom stereocenters. The fourth-order valence-corrected chi connectivity index (χ4v) is 3.12. The highest BCUT2D eigenvalue weighted by molar-refractivity contribution is 7.11. The van der Waals surface area contributed by atoms with E-state index in [1.807, 2.05) is 30.5 Å². The molecule has 0 aliphatic heterocycles. The molecule has 1 aliphatic rings. The number of rotatable bonds is 4. The standard InChI is InChI=1S/C14H17ClO2S/c1-2-17-12(11-7-6-10-18-11)13(15)14(16)8-4-3-5-9-14/h4,6-8,10,16H,2-3,5,9H2,1H3/b13-12+. The second-order valence-electron chi connectivity index (χ2n) is 4.27. The Hall–Kier alpha value is -0.770. The molecular formula is C14H17ClO2S. The van der Waals surface area contributed by atoms with Gasteiger partial charge >= 0.3 is 0 Å². The van der Waals surface area contributed by atoms with Crippen LogP contribution in [0.5, 0.6) is 0 Å². The number of hydrogen-bond donors (Lipinski definition) is 1. The van der Waals surface area contributed by atoms with Crippen LogP contribution >= 0.6 is 22.9 Å². The minimum absolute atomic E-state index is 0.391. The molecule has 2 nitrogen and oxygen atoms in total. The van der Waals surface area contributed by atoms with E-state index in [2.05, 4.69) is 0 Å². The number of thiophene rings is 1. The summed E-state index contributed by atoms with van der Waals surface area (Å²) in [6.07, 6.45) is 6.34. The van der Waals surface area contributed by atoms with Gasteiger partial charge in [-0.2, -0.15) is 0 Å². The summed E-state index contributed by atoms with van der Waals surface area (Å²) in [6, 6.07) is 3.90. The fraction of sp³-hybridized carbons (Fsp3) is 0.429. The van der Waals surface area contributed by atoms with Crippen LogP contribution in [0.3, 0.4) is 0 Å². The Balaban J connectivity index is 2.40.